The van der Waals surface area contributed by atoms with Gasteiger partial charge in [-0.3, -0.25) is 0 Å². The minimum absolute atomic E-state index is 0.559. The van der Waals surface area contributed by atoms with Crippen LogP contribution in [0.4, 0.5) is 17.1 Å². The lowest BCUT2D eigenvalue weighted by Crippen LogP contribution is -2.33. The first kappa shape index (κ1) is 41.2. The average Bonchev–Trinajstić information content (AvgIpc) is 4.11. The predicted molar refractivity (Wildman–Crippen MR) is 307 cm³/mol. The van der Waals surface area contributed by atoms with Crippen molar-refractivity contribution < 1.29 is 0 Å². The van der Waals surface area contributed by atoms with Crippen LogP contribution < -0.4 is 4.90 Å². The van der Waals surface area contributed by atoms with E-state index in [2.05, 4.69) is 289 Å². The molecular formula is C72H46N2. The van der Waals surface area contributed by atoms with Gasteiger partial charge in [0.05, 0.1) is 33.2 Å². The molecule has 2 heterocycles. The first-order valence-electron chi connectivity index (χ1n) is 25.8. The summed E-state index contributed by atoms with van der Waals surface area (Å²) in [6, 6.07) is 105. The zero-order chi connectivity index (χ0) is 48.5. The summed E-state index contributed by atoms with van der Waals surface area (Å²) in [6.45, 7) is 0. The fraction of sp³-hybridized carbons (Fsp3) is 0.0278. The molecule has 74 heavy (non-hydrogen) atoms. The van der Waals surface area contributed by atoms with Gasteiger partial charge in [-0.15, -0.1) is 0 Å². The third kappa shape index (κ3) is 5.33. The van der Waals surface area contributed by atoms with Gasteiger partial charge >= 0.3 is 0 Å². The number of para-hydroxylation sites is 2. The van der Waals surface area contributed by atoms with Crippen molar-refractivity contribution in [2.24, 2.45) is 0 Å². The summed E-state index contributed by atoms with van der Waals surface area (Å²) in [6.07, 6.45) is 0. The normalized spacial score (nSPS) is 13.9. The molecule has 0 saturated heterocycles. The van der Waals surface area contributed by atoms with Crippen LogP contribution in [0.1, 0.15) is 44.5 Å². The number of hydrogen-bond acceptors (Lipinski definition) is 1. The Balaban J connectivity index is 1.01. The lowest BCUT2D eigenvalue weighted by atomic mass is 9.65. The van der Waals surface area contributed by atoms with E-state index >= 15 is 0 Å². The molecular weight excluding hydrogens is 893 g/mol. The van der Waals surface area contributed by atoms with Crippen LogP contribution in [-0.2, 0) is 10.8 Å². The molecule has 0 fully saturated rings. The van der Waals surface area contributed by atoms with Crippen molar-refractivity contribution in [1.29, 1.82) is 0 Å². The number of aromatic nitrogens is 1. The molecule has 0 saturated carbocycles. The topological polar surface area (TPSA) is 8.17 Å². The summed E-state index contributed by atoms with van der Waals surface area (Å²) < 4.78 is 2.56. The minimum Gasteiger partial charge on any atom is -0.310 e. The molecule has 0 amide bonds. The van der Waals surface area contributed by atoms with Crippen LogP contribution in [0.2, 0.25) is 0 Å². The van der Waals surface area contributed by atoms with Crippen LogP contribution in [0.25, 0.3) is 71.6 Å². The third-order valence-electron chi connectivity index (χ3n) is 16.9. The maximum Gasteiger partial charge on any atom is 0.0755 e. The number of anilines is 3. The first-order valence-corrected chi connectivity index (χ1v) is 25.8. The van der Waals surface area contributed by atoms with Crippen molar-refractivity contribution in [1.82, 2.24) is 4.57 Å². The maximum absolute atomic E-state index is 2.56. The summed E-state index contributed by atoms with van der Waals surface area (Å²) in [7, 11) is 0. The molecule has 1 aromatic heterocycles. The molecule has 0 N–H and O–H groups in total. The van der Waals surface area contributed by atoms with E-state index in [1.807, 2.05) is 0 Å². The SMILES string of the molecule is c1ccc(C2(c3ccccc3)c3ccccc3-c3c(N(c4ccc(-c5cccc6ccccc56)cc4)c4ccc5c(c4)C4(c6ccccc6-c6ccccc64)c4cccc6c7ccccc7n-5c46)cccc32)cc1. The van der Waals surface area contributed by atoms with Crippen LogP contribution in [0.15, 0.2) is 279 Å². The van der Waals surface area contributed by atoms with Crippen molar-refractivity contribution in [2.45, 2.75) is 10.8 Å². The molecule has 2 nitrogen and oxygen atoms in total. The molecule has 0 radical (unpaired) electrons. The molecule has 344 valence electrons. The molecule has 0 bridgehead atoms. The van der Waals surface area contributed by atoms with E-state index in [0.717, 1.165) is 17.1 Å². The molecule has 3 aliphatic rings. The molecule has 1 aliphatic heterocycles. The smallest absolute Gasteiger partial charge is 0.0755 e. The Morgan fingerprint density at radius 1 is 0.311 bits per heavy atom. The van der Waals surface area contributed by atoms with Crippen LogP contribution in [-0.4, -0.2) is 4.57 Å². The molecule has 13 aromatic rings. The van der Waals surface area contributed by atoms with Crippen LogP contribution in [0.5, 0.6) is 0 Å². The van der Waals surface area contributed by atoms with Gasteiger partial charge in [0, 0.05) is 27.7 Å². The highest BCUT2D eigenvalue weighted by molar-refractivity contribution is 6.13. The van der Waals surface area contributed by atoms with Crippen molar-refractivity contribution in [3.8, 4) is 39.1 Å². The number of hydrogen-bond donors (Lipinski definition) is 0. The lowest BCUT2D eigenvalue weighted by molar-refractivity contribution is 0.748. The number of benzene rings is 12. The van der Waals surface area contributed by atoms with E-state index in [9.17, 15) is 0 Å². The zero-order valence-corrected chi connectivity index (χ0v) is 40.5. The standard InChI is InChI=1S/C72H46N2/c1-3-22-49(23-4-1)71(50-24-5-2-6-25-50)62-35-15-11-30-59(62)69-63(71)36-19-39-68(69)73(51-42-40-48(41-43-51)54-31-17-21-47-20-7-8-26-53(47)54)52-44-45-67-65(46-52)72(60-33-13-9-27-55(60)56-28-10-14-34-61(56)72)64-37-18-32-58-57-29-12-16-38-66(57)74(67)70(58)64/h1-46H. The monoisotopic (exact) mass is 938 g/mol. The number of nitrogens with zero attached hydrogens (tertiary/aromatic N) is 2. The number of fused-ring (bicyclic) bond motifs is 16. The minimum atomic E-state index is -0.604. The summed E-state index contributed by atoms with van der Waals surface area (Å²) in [5, 5.41) is 5.03. The largest absolute Gasteiger partial charge is 0.310 e. The molecule has 16 rings (SSSR count). The van der Waals surface area contributed by atoms with Gasteiger partial charge < -0.3 is 9.47 Å². The van der Waals surface area contributed by atoms with Gasteiger partial charge in [-0.25, -0.2) is 0 Å². The molecule has 1 spiro atoms. The van der Waals surface area contributed by atoms with E-state index in [4.69, 9.17) is 0 Å². The second-order valence-electron chi connectivity index (χ2n) is 20.2. The maximum atomic E-state index is 2.56. The Morgan fingerprint density at radius 3 is 1.55 bits per heavy atom. The highest BCUT2D eigenvalue weighted by Crippen LogP contribution is 2.63. The second kappa shape index (κ2) is 15.5. The zero-order valence-electron chi connectivity index (χ0n) is 40.5. The highest BCUT2D eigenvalue weighted by Gasteiger charge is 2.52. The van der Waals surface area contributed by atoms with Crippen molar-refractivity contribution in [3.63, 3.8) is 0 Å². The number of rotatable bonds is 6. The van der Waals surface area contributed by atoms with Gasteiger partial charge in [0.25, 0.3) is 0 Å². The summed E-state index contributed by atoms with van der Waals surface area (Å²) >= 11 is 0. The molecule has 2 heteroatoms. The summed E-state index contributed by atoms with van der Waals surface area (Å²) in [5.41, 5.74) is 23.6. The Morgan fingerprint density at radius 2 is 0.824 bits per heavy atom. The van der Waals surface area contributed by atoms with Crippen molar-refractivity contribution in [2.75, 3.05) is 4.90 Å². The molecule has 0 unspecified atom stereocenters. The van der Waals surface area contributed by atoms with Gasteiger partial charge in [-0.05, 0) is 126 Å². The van der Waals surface area contributed by atoms with E-state index < -0.39 is 10.8 Å². The van der Waals surface area contributed by atoms with E-state index in [-0.39, 0.29) is 0 Å². The Kier molecular flexibility index (Phi) is 8.62. The highest BCUT2D eigenvalue weighted by atomic mass is 15.1. The Bertz CT molecular complexity index is 4340. The van der Waals surface area contributed by atoms with E-state index in [1.165, 1.54) is 116 Å². The molecule has 0 atom stereocenters. The summed E-state index contributed by atoms with van der Waals surface area (Å²) in [5.74, 6) is 0. The predicted octanol–water partition coefficient (Wildman–Crippen LogP) is 18.1. The lowest BCUT2D eigenvalue weighted by Gasteiger charge is -2.40. The quantitative estimate of drug-likeness (QED) is 0.161. The fourth-order valence-corrected chi connectivity index (χ4v) is 14.0. The average molecular weight is 939 g/mol. The van der Waals surface area contributed by atoms with Gasteiger partial charge in [0.15, 0.2) is 0 Å². The molecule has 2 aliphatic carbocycles. The van der Waals surface area contributed by atoms with Crippen molar-refractivity contribution >= 4 is 49.6 Å². The Hall–Kier alpha value is -9.50. The van der Waals surface area contributed by atoms with Gasteiger partial charge in [-0.1, -0.05) is 237 Å². The first-order chi connectivity index (χ1) is 36.7. The van der Waals surface area contributed by atoms with Gasteiger partial charge in [0.2, 0.25) is 0 Å². The molecule has 12 aromatic carbocycles. The second-order valence-corrected chi connectivity index (χ2v) is 20.2. The van der Waals surface area contributed by atoms with Gasteiger partial charge in [0.1, 0.15) is 0 Å². The van der Waals surface area contributed by atoms with Crippen LogP contribution in [0.3, 0.4) is 0 Å². The van der Waals surface area contributed by atoms with Crippen molar-refractivity contribution in [3.05, 3.63) is 324 Å². The van der Waals surface area contributed by atoms with Crippen LogP contribution >= 0.6 is 0 Å². The Labute approximate surface area is 430 Å². The summed E-state index contributed by atoms with van der Waals surface area (Å²) in [4.78, 5) is 2.55. The van der Waals surface area contributed by atoms with Gasteiger partial charge in [-0.2, -0.15) is 0 Å². The van der Waals surface area contributed by atoms with Crippen LogP contribution in [0, 0.1) is 0 Å². The fourth-order valence-electron chi connectivity index (χ4n) is 14.0. The van der Waals surface area contributed by atoms with E-state index in [0.29, 0.717) is 0 Å². The third-order valence-corrected chi connectivity index (χ3v) is 16.9. The van der Waals surface area contributed by atoms with E-state index in [1.54, 1.807) is 0 Å².